The van der Waals surface area contributed by atoms with Crippen molar-refractivity contribution in [1.82, 2.24) is 9.97 Å². The number of halogens is 1. The van der Waals surface area contributed by atoms with E-state index >= 15 is 0 Å². The van der Waals surface area contributed by atoms with Crippen LogP contribution in [0.15, 0.2) is 48.7 Å². The molecule has 29 heavy (non-hydrogen) atoms. The van der Waals surface area contributed by atoms with Gasteiger partial charge >= 0.3 is 0 Å². The van der Waals surface area contributed by atoms with Crippen molar-refractivity contribution in [2.75, 3.05) is 11.9 Å². The minimum atomic E-state index is -0.489. The quantitative estimate of drug-likeness (QED) is 0.562. The fraction of sp³-hybridized carbons (Fsp3) is 0.333. The fourth-order valence-electron chi connectivity index (χ4n) is 3.69. The van der Waals surface area contributed by atoms with Crippen LogP contribution in [0.25, 0.3) is 17.0 Å². The average molecular weight is 391 g/mol. The van der Waals surface area contributed by atoms with E-state index in [9.17, 15) is 9.50 Å². The number of anilines is 1. The van der Waals surface area contributed by atoms with Crippen LogP contribution >= 0.6 is 0 Å². The summed E-state index contributed by atoms with van der Waals surface area (Å²) in [6, 6.07) is 10.8. The highest BCUT2D eigenvalue weighted by molar-refractivity contribution is 5.80. The van der Waals surface area contributed by atoms with Crippen LogP contribution in [0.5, 0.6) is 0 Å². The normalized spacial score (nSPS) is 14.7. The Kier molecular flexibility index (Phi) is 6.15. The number of pyridine rings is 2. The predicted molar refractivity (Wildman–Crippen MR) is 115 cm³/mol. The first-order valence-corrected chi connectivity index (χ1v) is 10.3. The van der Waals surface area contributed by atoms with Gasteiger partial charge in [-0.05, 0) is 67.5 Å². The SMILES string of the molecule is OC(/C=C/c1cnc2cc(F)ccc2c1)CCCCc1ccc2c(n1)NCCC2. The van der Waals surface area contributed by atoms with Crippen LogP contribution in [-0.2, 0) is 12.8 Å². The number of hydrogen-bond acceptors (Lipinski definition) is 4. The number of benzene rings is 1. The maximum absolute atomic E-state index is 13.2. The summed E-state index contributed by atoms with van der Waals surface area (Å²) in [4.78, 5) is 8.99. The second kappa shape index (κ2) is 9.14. The lowest BCUT2D eigenvalue weighted by Crippen LogP contribution is -2.14. The third kappa shape index (κ3) is 5.18. The zero-order valence-electron chi connectivity index (χ0n) is 16.4. The van der Waals surface area contributed by atoms with Crippen molar-refractivity contribution in [3.8, 4) is 0 Å². The second-order valence-electron chi connectivity index (χ2n) is 7.62. The molecule has 1 aliphatic rings. The first-order valence-electron chi connectivity index (χ1n) is 10.3. The number of aliphatic hydroxyl groups is 1. The molecule has 2 aromatic heterocycles. The summed E-state index contributed by atoms with van der Waals surface area (Å²) in [7, 11) is 0. The Labute approximate surface area is 170 Å². The summed E-state index contributed by atoms with van der Waals surface area (Å²) in [5.74, 6) is 0.758. The van der Waals surface area contributed by atoms with Crippen molar-refractivity contribution in [3.05, 3.63) is 71.3 Å². The monoisotopic (exact) mass is 391 g/mol. The van der Waals surface area contributed by atoms with Gasteiger partial charge in [-0.1, -0.05) is 24.6 Å². The van der Waals surface area contributed by atoms with Crippen molar-refractivity contribution in [3.63, 3.8) is 0 Å². The van der Waals surface area contributed by atoms with Crippen molar-refractivity contribution in [2.45, 2.75) is 44.6 Å². The van der Waals surface area contributed by atoms with Gasteiger partial charge in [0.05, 0.1) is 11.6 Å². The summed E-state index contributed by atoms with van der Waals surface area (Å²) < 4.78 is 13.2. The predicted octanol–water partition coefficient (Wildman–Crippen LogP) is 4.91. The summed E-state index contributed by atoms with van der Waals surface area (Å²) in [6.45, 7) is 1.01. The number of aromatic nitrogens is 2. The summed E-state index contributed by atoms with van der Waals surface area (Å²) in [5, 5.41) is 14.5. The Bertz CT molecular complexity index is 1020. The Hall–Kier alpha value is -2.79. The number of unbranched alkanes of at least 4 members (excludes halogenated alkanes) is 1. The Morgan fingerprint density at radius 1 is 1.17 bits per heavy atom. The van der Waals surface area contributed by atoms with E-state index in [4.69, 9.17) is 4.98 Å². The number of aryl methyl sites for hydroxylation is 2. The van der Waals surface area contributed by atoms with E-state index in [0.717, 1.165) is 54.7 Å². The molecule has 4 rings (SSSR count). The molecular weight excluding hydrogens is 365 g/mol. The number of nitrogens with one attached hydrogen (secondary N) is 1. The molecule has 1 aliphatic heterocycles. The van der Waals surface area contributed by atoms with Crippen LogP contribution in [0.2, 0.25) is 0 Å². The number of nitrogens with zero attached hydrogens (tertiary/aromatic N) is 2. The number of hydrogen-bond donors (Lipinski definition) is 2. The van der Waals surface area contributed by atoms with Crippen LogP contribution in [0.3, 0.4) is 0 Å². The fourth-order valence-corrected chi connectivity index (χ4v) is 3.69. The van der Waals surface area contributed by atoms with Gasteiger partial charge in [-0.25, -0.2) is 9.37 Å². The van der Waals surface area contributed by atoms with E-state index in [1.165, 1.54) is 24.1 Å². The minimum absolute atomic E-state index is 0.287. The number of fused-ring (bicyclic) bond motifs is 2. The van der Waals surface area contributed by atoms with E-state index in [0.29, 0.717) is 11.9 Å². The van der Waals surface area contributed by atoms with Crippen LogP contribution in [0.4, 0.5) is 10.2 Å². The van der Waals surface area contributed by atoms with Crippen molar-refractivity contribution < 1.29 is 9.50 Å². The number of rotatable bonds is 7. The molecule has 150 valence electrons. The smallest absolute Gasteiger partial charge is 0.129 e. The molecule has 3 aromatic rings. The summed E-state index contributed by atoms with van der Waals surface area (Å²) in [6.07, 6.45) is 10.7. The van der Waals surface area contributed by atoms with Gasteiger partial charge in [0, 0.05) is 29.9 Å². The lowest BCUT2D eigenvalue weighted by Gasteiger charge is -2.17. The van der Waals surface area contributed by atoms with E-state index in [1.807, 2.05) is 12.1 Å². The molecule has 0 saturated heterocycles. The highest BCUT2D eigenvalue weighted by Crippen LogP contribution is 2.21. The molecule has 0 fully saturated rings. The highest BCUT2D eigenvalue weighted by Gasteiger charge is 2.10. The van der Waals surface area contributed by atoms with Crippen LogP contribution in [0.1, 0.15) is 42.5 Å². The Morgan fingerprint density at radius 2 is 2.10 bits per heavy atom. The van der Waals surface area contributed by atoms with Gasteiger partial charge in [0.2, 0.25) is 0 Å². The molecule has 1 atom stereocenters. The largest absolute Gasteiger partial charge is 0.389 e. The molecule has 0 aliphatic carbocycles. The van der Waals surface area contributed by atoms with Crippen molar-refractivity contribution >= 4 is 22.8 Å². The molecule has 4 nitrogen and oxygen atoms in total. The third-order valence-electron chi connectivity index (χ3n) is 5.31. The van der Waals surface area contributed by atoms with Gasteiger partial charge in [0.1, 0.15) is 11.6 Å². The molecule has 0 spiro atoms. The van der Waals surface area contributed by atoms with Gasteiger partial charge in [0.25, 0.3) is 0 Å². The molecule has 1 unspecified atom stereocenters. The highest BCUT2D eigenvalue weighted by atomic mass is 19.1. The van der Waals surface area contributed by atoms with Gasteiger partial charge < -0.3 is 10.4 Å². The first kappa shape index (κ1) is 19.5. The standard InChI is InChI=1S/C24H26FN3O/c25-20-10-8-19-14-17(16-27-23(19)15-20)7-12-22(29)6-2-1-5-21-11-9-18-4-3-13-26-24(18)28-21/h7-12,14-16,22,29H,1-6,13H2,(H,26,28)/b12-7+. The van der Waals surface area contributed by atoms with Gasteiger partial charge in [-0.2, -0.15) is 0 Å². The zero-order chi connectivity index (χ0) is 20.1. The topological polar surface area (TPSA) is 58.0 Å². The Morgan fingerprint density at radius 3 is 3.03 bits per heavy atom. The maximum atomic E-state index is 13.2. The zero-order valence-corrected chi connectivity index (χ0v) is 16.4. The van der Waals surface area contributed by atoms with Gasteiger partial charge in [-0.3, -0.25) is 4.98 Å². The third-order valence-corrected chi connectivity index (χ3v) is 5.31. The van der Waals surface area contributed by atoms with Crippen LogP contribution in [-0.4, -0.2) is 27.7 Å². The van der Waals surface area contributed by atoms with Crippen molar-refractivity contribution in [1.29, 1.82) is 0 Å². The Balaban J connectivity index is 1.24. The molecule has 0 saturated carbocycles. The lowest BCUT2D eigenvalue weighted by molar-refractivity contribution is 0.209. The molecule has 0 amide bonds. The van der Waals surface area contributed by atoms with E-state index in [2.05, 4.69) is 22.4 Å². The molecule has 1 aromatic carbocycles. The number of aliphatic hydroxyl groups excluding tert-OH is 1. The van der Waals surface area contributed by atoms with E-state index < -0.39 is 6.10 Å². The summed E-state index contributed by atoms with van der Waals surface area (Å²) >= 11 is 0. The second-order valence-corrected chi connectivity index (χ2v) is 7.62. The van der Waals surface area contributed by atoms with Crippen LogP contribution < -0.4 is 5.32 Å². The summed E-state index contributed by atoms with van der Waals surface area (Å²) in [5.41, 5.74) is 3.96. The van der Waals surface area contributed by atoms with Gasteiger partial charge in [-0.15, -0.1) is 0 Å². The molecule has 0 bridgehead atoms. The van der Waals surface area contributed by atoms with Gasteiger partial charge in [0.15, 0.2) is 0 Å². The molecule has 3 heterocycles. The van der Waals surface area contributed by atoms with E-state index in [-0.39, 0.29) is 5.82 Å². The molecule has 0 radical (unpaired) electrons. The minimum Gasteiger partial charge on any atom is -0.389 e. The maximum Gasteiger partial charge on any atom is 0.129 e. The first-order chi connectivity index (χ1) is 14.2. The van der Waals surface area contributed by atoms with E-state index in [1.54, 1.807) is 18.3 Å². The molecular formula is C24H26FN3O. The van der Waals surface area contributed by atoms with Crippen molar-refractivity contribution in [2.24, 2.45) is 0 Å². The molecule has 2 N–H and O–H groups in total. The lowest BCUT2D eigenvalue weighted by atomic mass is 10.0. The average Bonchev–Trinajstić information content (AvgIpc) is 2.75. The molecule has 5 heteroatoms. The van der Waals surface area contributed by atoms with Crippen LogP contribution in [0, 0.1) is 5.82 Å².